The van der Waals surface area contributed by atoms with Crippen LogP contribution in [0, 0.1) is 5.95 Å². The van der Waals surface area contributed by atoms with Crippen LogP contribution in [0.2, 0.25) is 0 Å². The monoisotopic (exact) mass is 523 g/mol. The number of carbonyl (C=O) groups is 1. The summed E-state index contributed by atoms with van der Waals surface area (Å²) in [5, 5.41) is 18.7. The third-order valence-electron chi connectivity index (χ3n) is 7.71. The second-order valence-electron chi connectivity index (χ2n) is 10.1. The number of nitrogens with zero attached hydrogens (tertiary/aromatic N) is 6. The Morgan fingerprint density at radius 1 is 1.05 bits per heavy atom. The second kappa shape index (κ2) is 8.93. The molecule has 0 radical (unpaired) electrons. The number of phenolic OH excluding ortho intramolecular Hbond substituents is 1. The fourth-order valence-electron chi connectivity index (χ4n) is 5.78. The maximum absolute atomic E-state index is 13.7. The number of benzene rings is 2. The largest absolute Gasteiger partial charge is 0.506 e. The summed E-state index contributed by atoms with van der Waals surface area (Å²) in [7, 11) is 1.75. The first-order valence-corrected chi connectivity index (χ1v) is 13.0. The number of amides is 1. The van der Waals surface area contributed by atoms with E-state index < -0.39 is 5.95 Å². The zero-order valence-corrected chi connectivity index (χ0v) is 21.3. The van der Waals surface area contributed by atoms with Gasteiger partial charge < -0.3 is 10.4 Å². The van der Waals surface area contributed by atoms with Crippen LogP contribution in [0.4, 0.5) is 21.7 Å². The van der Waals surface area contributed by atoms with Gasteiger partial charge in [-0.3, -0.25) is 14.6 Å². The molecule has 0 bridgehead atoms. The zero-order valence-electron chi connectivity index (χ0n) is 21.3. The van der Waals surface area contributed by atoms with Crippen LogP contribution in [0.3, 0.4) is 0 Å². The van der Waals surface area contributed by atoms with E-state index in [2.05, 4.69) is 15.2 Å². The van der Waals surface area contributed by atoms with E-state index >= 15 is 0 Å². The third kappa shape index (κ3) is 3.82. The lowest BCUT2D eigenvalue weighted by molar-refractivity contribution is 0.0866. The maximum atomic E-state index is 13.7. The molecule has 196 valence electrons. The molecule has 1 saturated carbocycles. The van der Waals surface area contributed by atoms with Crippen molar-refractivity contribution in [2.24, 2.45) is 4.99 Å². The molecule has 1 aliphatic carbocycles. The number of aromatic nitrogens is 3. The summed E-state index contributed by atoms with van der Waals surface area (Å²) in [6.45, 7) is 0.366. The lowest BCUT2D eigenvalue weighted by atomic mass is 10.1. The number of aromatic hydroxyl groups is 1. The van der Waals surface area contributed by atoms with Gasteiger partial charge in [0.15, 0.2) is 5.82 Å². The first-order valence-electron chi connectivity index (χ1n) is 13.0. The summed E-state index contributed by atoms with van der Waals surface area (Å²) in [5.74, 6) is 1.08. The van der Waals surface area contributed by atoms with Crippen molar-refractivity contribution in [1.82, 2.24) is 19.7 Å². The van der Waals surface area contributed by atoms with Gasteiger partial charge in [-0.15, -0.1) is 0 Å². The van der Waals surface area contributed by atoms with Crippen LogP contribution in [0.15, 0.2) is 71.7 Å². The molecule has 7 rings (SSSR count). The van der Waals surface area contributed by atoms with Crippen molar-refractivity contribution >= 4 is 29.2 Å². The van der Waals surface area contributed by atoms with E-state index in [-0.39, 0.29) is 23.7 Å². The number of para-hydroxylation sites is 2. The predicted octanol–water partition coefficient (Wildman–Crippen LogP) is 4.76. The molecule has 2 aromatic carbocycles. The van der Waals surface area contributed by atoms with Gasteiger partial charge in [-0.05, 0) is 49.1 Å². The van der Waals surface area contributed by atoms with Gasteiger partial charge in [0.2, 0.25) is 11.9 Å². The summed E-state index contributed by atoms with van der Waals surface area (Å²) in [6.07, 6.45) is 3.08. The number of anilines is 3. The van der Waals surface area contributed by atoms with E-state index in [9.17, 15) is 14.3 Å². The average molecular weight is 524 g/mol. The van der Waals surface area contributed by atoms with Gasteiger partial charge in [-0.1, -0.05) is 42.5 Å². The van der Waals surface area contributed by atoms with Gasteiger partial charge in [0, 0.05) is 12.6 Å². The summed E-state index contributed by atoms with van der Waals surface area (Å²) >= 11 is 0. The molecule has 9 nitrogen and oxygen atoms in total. The maximum Gasteiger partial charge on any atom is 0.267 e. The fourth-order valence-corrected chi connectivity index (χ4v) is 5.78. The van der Waals surface area contributed by atoms with E-state index in [0.29, 0.717) is 41.1 Å². The molecule has 3 aliphatic rings. The standard InChI is InChI=1S/C29H26FN7O2/c1-35-28(39)25-26(32-21-6-2-3-10-23(21)38)36(34-27(25)37-22-9-4-8-20(22)33-29(35)37)16-17-12-14-18(15-13-17)19-7-5-11-24(30)31-19/h2-3,5-7,10-15,20,22,32,38H,4,8-9,16H2,1H3. The Bertz CT molecular complexity index is 1630. The molecule has 2 aromatic heterocycles. The minimum Gasteiger partial charge on any atom is -0.506 e. The molecular weight excluding hydrogens is 497 g/mol. The number of carbonyl (C=O) groups excluding carboxylic acids is 1. The van der Waals surface area contributed by atoms with Crippen LogP contribution in [0.25, 0.3) is 11.3 Å². The highest BCUT2D eigenvalue weighted by Crippen LogP contribution is 2.43. The van der Waals surface area contributed by atoms with Gasteiger partial charge in [-0.2, -0.15) is 9.49 Å². The van der Waals surface area contributed by atoms with Crippen LogP contribution < -0.4 is 10.2 Å². The Morgan fingerprint density at radius 3 is 2.67 bits per heavy atom. The highest BCUT2D eigenvalue weighted by atomic mass is 19.1. The number of hydrogen-bond donors (Lipinski definition) is 2. The molecule has 0 spiro atoms. The smallest absolute Gasteiger partial charge is 0.267 e. The summed E-state index contributed by atoms with van der Waals surface area (Å²) < 4.78 is 15.4. The molecule has 10 heteroatoms. The van der Waals surface area contributed by atoms with Crippen LogP contribution in [0.5, 0.6) is 5.75 Å². The second-order valence-corrected chi connectivity index (χ2v) is 10.1. The van der Waals surface area contributed by atoms with Crippen molar-refractivity contribution in [2.75, 3.05) is 17.3 Å². The molecular formula is C29H26FN7O2. The van der Waals surface area contributed by atoms with Crippen LogP contribution >= 0.6 is 0 Å². The number of hydrogen-bond acceptors (Lipinski definition) is 7. The van der Waals surface area contributed by atoms with Crippen molar-refractivity contribution in [1.29, 1.82) is 0 Å². The van der Waals surface area contributed by atoms with Gasteiger partial charge >= 0.3 is 0 Å². The summed E-state index contributed by atoms with van der Waals surface area (Å²) in [4.78, 5) is 26.2. The molecule has 1 fully saturated rings. The Hall–Kier alpha value is -4.73. The van der Waals surface area contributed by atoms with Gasteiger partial charge in [0.05, 0.1) is 30.0 Å². The summed E-state index contributed by atoms with van der Waals surface area (Å²) in [5.41, 5.74) is 3.22. The normalized spacial score (nSPS) is 19.5. The first-order chi connectivity index (χ1) is 19.0. The first kappa shape index (κ1) is 23.4. The molecule has 0 saturated heterocycles. The number of rotatable bonds is 5. The van der Waals surface area contributed by atoms with E-state index in [1.54, 1.807) is 47.0 Å². The van der Waals surface area contributed by atoms with E-state index in [4.69, 9.17) is 10.1 Å². The topological polar surface area (TPSA) is 98.9 Å². The lowest BCUT2D eigenvalue weighted by Crippen LogP contribution is -2.51. The fraction of sp³-hybridized carbons (Fsp3) is 0.241. The number of pyridine rings is 1. The Balaban J connectivity index is 1.30. The molecule has 2 unspecified atom stereocenters. The van der Waals surface area contributed by atoms with Gasteiger partial charge in [0.1, 0.15) is 17.1 Å². The highest BCUT2D eigenvalue weighted by molar-refractivity contribution is 6.21. The molecule has 2 atom stereocenters. The SMILES string of the molecule is CN1C(=O)c2c(nn(Cc3ccc(-c4cccc(F)n4)cc3)c2Nc2ccccc2O)N2C1=NC1CCCC12. The molecule has 1 amide bonds. The lowest BCUT2D eigenvalue weighted by Gasteiger charge is -2.34. The molecule has 2 aliphatic heterocycles. The quantitative estimate of drug-likeness (QED) is 0.289. The number of aliphatic imine (C=N–C) groups is 1. The van der Waals surface area contributed by atoms with Crippen LogP contribution in [-0.4, -0.2) is 55.8 Å². The van der Waals surface area contributed by atoms with Gasteiger partial charge in [-0.25, -0.2) is 14.7 Å². The molecule has 39 heavy (non-hydrogen) atoms. The Kier molecular flexibility index (Phi) is 5.36. The van der Waals surface area contributed by atoms with Crippen molar-refractivity contribution in [3.63, 3.8) is 0 Å². The van der Waals surface area contributed by atoms with E-state index in [1.165, 1.54) is 6.07 Å². The third-order valence-corrected chi connectivity index (χ3v) is 7.71. The van der Waals surface area contributed by atoms with Crippen molar-refractivity contribution in [3.8, 4) is 17.0 Å². The number of guanidine groups is 1. The predicted molar refractivity (Wildman–Crippen MR) is 146 cm³/mol. The molecule has 4 aromatic rings. The highest BCUT2D eigenvalue weighted by Gasteiger charge is 2.49. The van der Waals surface area contributed by atoms with Gasteiger partial charge in [0.25, 0.3) is 5.91 Å². The molecule has 2 N–H and O–H groups in total. The minimum atomic E-state index is -0.525. The number of fused-ring (bicyclic) bond motifs is 5. The number of halogens is 1. The zero-order chi connectivity index (χ0) is 26.7. The van der Waals surface area contributed by atoms with Crippen LogP contribution in [0.1, 0.15) is 35.2 Å². The summed E-state index contributed by atoms with van der Waals surface area (Å²) in [6, 6.07) is 19.6. The Labute approximate surface area is 224 Å². The van der Waals surface area contributed by atoms with E-state index in [0.717, 1.165) is 30.4 Å². The molecule has 4 heterocycles. The number of phenols is 1. The average Bonchev–Trinajstić information content (AvgIpc) is 3.63. The van der Waals surface area contributed by atoms with Crippen LogP contribution in [-0.2, 0) is 6.54 Å². The Morgan fingerprint density at radius 2 is 1.87 bits per heavy atom. The van der Waals surface area contributed by atoms with E-state index in [1.807, 2.05) is 30.3 Å². The van der Waals surface area contributed by atoms with Crippen molar-refractivity contribution in [2.45, 2.75) is 37.9 Å². The van der Waals surface area contributed by atoms with Crippen molar-refractivity contribution < 1.29 is 14.3 Å². The number of nitrogens with one attached hydrogen (secondary N) is 1. The minimum absolute atomic E-state index is 0.0711. The van der Waals surface area contributed by atoms with Crippen molar-refractivity contribution in [3.05, 3.63) is 83.8 Å².